The van der Waals surface area contributed by atoms with Gasteiger partial charge in [-0.2, -0.15) is 11.8 Å². The summed E-state index contributed by atoms with van der Waals surface area (Å²) in [7, 11) is 0. The highest BCUT2D eigenvalue weighted by Crippen LogP contribution is 2.34. The second-order valence-corrected chi connectivity index (χ2v) is 8.35. The Balaban J connectivity index is 1.76. The van der Waals surface area contributed by atoms with E-state index >= 15 is 0 Å². The summed E-state index contributed by atoms with van der Waals surface area (Å²) in [4.78, 5) is 29.5. The van der Waals surface area contributed by atoms with Crippen molar-refractivity contribution in [2.75, 3.05) is 37.7 Å². The first-order valence-electron chi connectivity index (χ1n) is 9.57. The molecule has 0 saturated carbocycles. The van der Waals surface area contributed by atoms with E-state index in [1.165, 1.54) is 5.56 Å². The number of piperidine rings is 1. The summed E-state index contributed by atoms with van der Waals surface area (Å²) in [6.45, 7) is 6.77. The van der Waals surface area contributed by atoms with Crippen molar-refractivity contribution < 1.29 is 9.59 Å². The van der Waals surface area contributed by atoms with Crippen LogP contribution in [-0.4, -0.2) is 59.4 Å². The number of amides is 3. The van der Waals surface area contributed by atoms with Crippen molar-refractivity contribution >= 4 is 23.7 Å². The Morgan fingerprint density at radius 2 is 2.00 bits per heavy atom. The number of hydrogen-bond acceptors (Lipinski definition) is 3. The van der Waals surface area contributed by atoms with Crippen LogP contribution in [0.2, 0.25) is 0 Å². The summed E-state index contributed by atoms with van der Waals surface area (Å²) >= 11 is 1.91. The maximum absolute atomic E-state index is 12.9. The molecule has 26 heavy (non-hydrogen) atoms. The monoisotopic (exact) mass is 375 g/mol. The van der Waals surface area contributed by atoms with Crippen molar-refractivity contribution in [1.82, 2.24) is 15.1 Å². The fourth-order valence-corrected chi connectivity index (χ4v) is 4.82. The third-order valence-electron chi connectivity index (χ3n) is 5.27. The van der Waals surface area contributed by atoms with E-state index in [0.717, 1.165) is 43.0 Å². The SMILES string of the molecule is CCNC(=O)N1CC(C(=O)N2CCSCC2)CCC1c1cccc(C)c1. The van der Waals surface area contributed by atoms with E-state index in [0.29, 0.717) is 13.1 Å². The molecule has 1 aromatic rings. The maximum Gasteiger partial charge on any atom is 0.317 e. The lowest BCUT2D eigenvalue weighted by Crippen LogP contribution is -2.51. The lowest BCUT2D eigenvalue weighted by Gasteiger charge is -2.41. The Labute approximate surface area is 160 Å². The Morgan fingerprint density at radius 3 is 2.69 bits per heavy atom. The smallest absolute Gasteiger partial charge is 0.317 e. The van der Waals surface area contributed by atoms with Crippen LogP contribution in [0.1, 0.15) is 36.9 Å². The zero-order valence-corrected chi connectivity index (χ0v) is 16.6. The van der Waals surface area contributed by atoms with Gasteiger partial charge in [-0.3, -0.25) is 4.79 Å². The van der Waals surface area contributed by atoms with Gasteiger partial charge in [0, 0.05) is 37.7 Å². The number of aryl methyl sites for hydroxylation is 1. The van der Waals surface area contributed by atoms with E-state index in [9.17, 15) is 9.59 Å². The minimum Gasteiger partial charge on any atom is -0.341 e. The molecule has 0 spiro atoms. The van der Waals surface area contributed by atoms with Crippen LogP contribution in [0.3, 0.4) is 0 Å². The van der Waals surface area contributed by atoms with Crippen molar-refractivity contribution in [2.45, 2.75) is 32.7 Å². The Bertz CT molecular complexity index is 646. The maximum atomic E-state index is 12.9. The minimum absolute atomic E-state index is 0.0439. The summed E-state index contributed by atoms with van der Waals surface area (Å²) in [5.74, 6) is 2.18. The van der Waals surface area contributed by atoms with Crippen LogP contribution in [0, 0.1) is 12.8 Å². The quantitative estimate of drug-likeness (QED) is 0.883. The second kappa shape index (κ2) is 8.80. The Kier molecular flexibility index (Phi) is 6.46. The number of urea groups is 1. The van der Waals surface area contributed by atoms with Gasteiger partial charge in [0.2, 0.25) is 5.91 Å². The van der Waals surface area contributed by atoms with Gasteiger partial charge in [0.05, 0.1) is 12.0 Å². The molecule has 2 heterocycles. The van der Waals surface area contributed by atoms with Crippen LogP contribution >= 0.6 is 11.8 Å². The number of carbonyl (C=O) groups is 2. The molecule has 142 valence electrons. The summed E-state index contributed by atoms with van der Waals surface area (Å²) in [6.07, 6.45) is 1.68. The highest BCUT2D eigenvalue weighted by Gasteiger charge is 2.37. The van der Waals surface area contributed by atoms with Crippen molar-refractivity contribution in [3.05, 3.63) is 35.4 Å². The van der Waals surface area contributed by atoms with E-state index in [2.05, 4.69) is 30.4 Å². The Hall–Kier alpha value is -1.69. The van der Waals surface area contributed by atoms with Gasteiger partial charge in [0.25, 0.3) is 0 Å². The molecule has 1 aromatic carbocycles. The summed E-state index contributed by atoms with van der Waals surface area (Å²) in [5.41, 5.74) is 2.36. The molecule has 0 aliphatic carbocycles. The van der Waals surface area contributed by atoms with Crippen molar-refractivity contribution in [3.8, 4) is 0 Å². The fraction of sp³-hybridized carbons (Fsp3) is 0.600. The van der Waals surface area contributed by atoms with Crippen molar-refractivity contribution in [1.29, 1.82) is 0 Å². The molecule has 3 amide bonds. The van der Waals surface area contributed by atoms with Crippen LogP contribution in [0.25, 0.3) is 0 Å². The third-order valence-corrected chi connectivity index (χ3v) is 6.21. The highest BCUT2D eigenvalue weighted by molar-refractivity contribution is 7.99. The van der Waals surface area contributed by atoms with Gasteiger partial charge in [0.15, 0.2) is 0 Å². The van der Waals surface area contributed by atoms with Crippen molar-refractivity contribution in [3.63, 3.8) is 0 Å². The van der Waals surface area contributed by atoms with Gasteiger partial charge >= 0.3 is 6.03 Å². The molecule has 6 heteroatoms. The number of nitrogens with zero attached hydrogens (tertiary/aromatic N) is 2. The molecular weight excluding hydrogens is 346 g/mol. The molecule has 2 aliphatic rings. The molecule has 2 saturated heterocycles. The van der Waals surface area contributed by atoms with E-state index < -0.39 is 0 Å². The number of rotatable bonds is 3. The fourth-order valence-electron chi connectivity index (χ4n) is 3.92. The number of hydrogen-bond donors (Lipinski definition) is 1. The average molecular weight is 376 g/mol. The predicted octanol–water partition coefficient (Wildman–Crippen LogP) is 3.05. The first kappa shape index (κ1) is 19.1. The molecule has 3 rings (SSSR count). The Morgan fingerprint density at radius 1 is 1.23 bits per heavy atom. The van der Waals surface area contributed by atoms with Gasteiger partial charge in [-0.05, 0) is 32.3 Å². The van der Waals surface area contributed by atoms with Crippen LogP contribution in [0.15, 0.2) is 24.3 Å². The average Bonchev–Trinajstić information content (AvgIpc) is 2.68. The summed E-state index contributed by atoms with van der Waals surface area (Å²) < 4.78 is 0. The lowest BCUT2D eigenvalue weighted by molar-refractivity contribution is -0.137. The van der Waals surface area contributed by atoms with Crippen LogP contribution in [0.4, 0.5) is 4.79 Å². The van der Waals surface area contributed by atoms with Gasteiger partial charge in [-0.15, -0.1) is 0 Å². The van der Waals surface area contributed by atoms with Crippen LogP contribution in [-0.2, 0) is 4.79 Å². The molecule has 1 N–H and O–H groups in total. The predicted molar refractivity (Wildman–Crippen MR) is 106 cm³/mol. The summed E-state index contributed by atoms with van der Waals surface area (Å²) in [6, 6.07) is 8.34. The third kappa shape index (κ3) is 4.34. The molecular formula is C20H29N3O2S. The van der Waals surface area contributed by atoms with E-state index in [4.69, 9.17) is 0 Å². The molecule has 2 unspecified atom stereocenters. The first-order chi connectivity index (χ1) is 12.6. The van der Waals surface area contributed by atoms with Gasteiger partial charge in [-0.1, -0.05) is 29.8 Å². The van der Waals surface area contributed by atoms with E-state index in [-0.39, 0.29) is 23.9 Å². The largest absolute Gasteiger partial charge is 0.341 e. The number of likely N-dealkylation sites (tertiary alicyclic amines) is 1. The van der Waals surface area contributed by atoms with E-state index in [1.807, 2.05) is 34.6 Å². The van der Waals surface area contributed by atoms with Gasteiger partial charge in [0.1, 0.15) is 0 Å². The van der Waals surface area contributed by atoms with E-state index in [1.54, 1.807) is 0 Å². The van der Waals surface area contributed by atoms with Crippen LogP contribution in [0.5, 0.6) is 0 Å². The molecule has 0 aromatic heterocycles. The molecule has 0 radical (unpaired) electrons. The number of nitrogens with one attached hydrogen (secondary N) is 1. The highest BCUT2D eigenvalue weighted by atomic mass is 32.2. The summed E-state index contributed by atoms with van der Waals surface area (Å²) in [5, 5.41) is 2.93. The standard InChI is InChI=1S/C20H29N3O2S/c1-3-21-20(25)23-14-17(19(24)22-9-11-26-12-10-22)7-8-18(23)16-6-4-5-15(2)13-16/h4-6,13,17-18H,3,7-12,14H2,1-2H3,(H,21,25). The zero-order valence-electron chi connectivity index (χ0n) is 15.7. The van der Waals surface area contributed by atoms with Gasteiger partial charge in [-0.25, -0.2) is 4.79 Å². The number of benzene rings is 1. The lowest BCUT2D eigenvalue weighted by atomic mass is 9.88. The molecule has 0 bridgehead atoms. The second-order valence-electron chi connectivity index (χ2n) is 7.13. The number of thioether (sulfide) groups is 1. The number of carbonyl (C=O) groups excluding carboxylic acids is 2. The zero-order chi connectivity index (χ0) is 18.5. The molecule has 2 fully saturated rings. The van der Waals surface area contributed by atoms with Gasteiger partial charge < -0.3 is 15.1 Å². The van der Waals surface area contributed by atoms with Crippen LogP contribution < -0.4 is 5.32 Å². The minimum atomic E-state index is -0.0817. The normalized spacial score (nSPS) is 23.6. The molecule has 2 atom stereocenters. The topological polar surface area (TPSA) is 52.7 Å². The first-order valence-corrected chi connectivity index (χ1v) is 10.7. The van der Waals surface area contributed by atoms with Crippen molar-refractivity contribution in [2.24, 2.45) is 5.92 Å². The molecule has 5 nitrogen and oxygen atoms in total. The molecule has 2 aliphatic heterocycles.